The van der Waals surface area contributed by atoms with E-state index in [1.54, 1.807) is 23.9 Å². The first kappa shape index (κ1) is 10.9. The summed E-state index contributed by atoms with van der Waals surface area (Å²) >= 11 is 1.69. The fraction of sp³-hybridized carbons (Fsp3) is 0.300. The largest absolute Gasteiger partial charge is 0.508 e. The van der Waals surface area contributed by atoms with Gasteiger partial charge in [-0.25, -0.2) is 0 Å². The summed E-state index contributed by atoms with van der Waals surface area (Å²) in [5.41, 5.74) is 0.573. The van der Waals surface area contributed by atoms with Gasteiger partial charge in [0.2, 0.25) is 0 Å². The third-order valence-electron chi connectivity index (χ3n) is 1.72. The normalized spacial score (nSPS) is 9.79. The minimum Gasteiger partial charge on any atom is -0.508 e. The van der Waals surface area contributed by atoms with E-state index < -0.39 is 0 Å². The molecule has 0 aliphatic rings. The molecule has 0 unspecified atom stereocenters. The first-order valence-electron chi connectivity index (χ1n) is 4.30. The molecular weight excluding hydrogens is 198 g/mol. The van der Waals surface area contributed by atoms with Crippen molar-refractivity contribution < 1.29 is 9.90 Å². The van der Waals surface area contributed by atoms with E-state index in [1.165, 1.54) is 12.1 Å². The van der Waals surface area contributed by atoms with E-state index in [2.05, 4.69) is 5.32 Å². The lowest BCUT2D eigenvalue weighted by Gasteiger charge is -2.03. The number of amides is 1. The van der Waals surface area contributed by atoms with Gasteiger partial charge in [-0.1, -0.05) is 0 Å². The van der Waals surface area contributed by atoms with Gasteiger partial charge in [-0.2, -0.15) is 11.8 Å². The van der Waals surface area contributed by atoms with E-state index in [0.29, 0.717) is 12.1 Å². The van der Waals surface area contributed by atoms with Crippen molar-refractivity contribution in [2.75, 3.05) is 18.6 Å². The van der Waals surface area contributed by atoms with Crippen LogP contribution >= 0.6 is 11.8 Å². The molecule has 0 saturated heterocycles. The van der Waals surface area contributed by atoms with E-state index in [1.807, 2.05) is 6.26 Å². The Morgan fingerprint density at radius 2 is 2.07 bits per heavy atom. The number of nitrogens with one attached hydrogen (secondary N) is 1. The predicted molar refractivity (Wildman–Crippen MR) is 58.8 cm³/mol. The molecule has 1 amide bonds. The molecule has 0 atom stereocenters. The lowest BCUT2D eigenvalue weighted by molar-refractivity contribution is 0.0956. The molecule has 0 radical (unpaired) electrons. The first-order chi connectivity index (χ1) is 6.74. The monoisotopic (exact) mass is 211 g/mol. The van der Waals surface area contributed by atoms with Gasteiger partial charge in [-0.15, -0.1) is 0 Å². The average Bonchev–Trinajstić information content (AvgIpc) is 2.19. The Hall–Kier alpha value is -1.16. The molecule has 0 aromatic heterocycles. The van der Waals surface area contributed by atoms with E-state index >= 15 is 0 Å². The highest BCUT2D eigenvalue weighted by Crippen LogP contribution is 2.09. The number of phenols is 1. The maximum absolute atomic E-state index is 11.4. The van der Waals surface area contributed by atoms with Crippen molar-refractivity contribution in [2.45, 2.75) is 0 Å². The molecule has 14 heavy (non-hydrogen) atoms. The van der Waals surface area contributed by atoms with Crippen LogP contribution in [0.2, 0.25) is 0 Å². The van der Waals surface area contributed by atoms with Gasteiger partial charge in [0.25, 0.3) is 5.91 Å². The molecule has 0 aliphatic carbocycles. The number of phenolic OH excluding ortho intramolecular Hbond substituents is 1. The van der Waals surface area contributed by atoms with Crippen LogP contribution in [0.15, 0.2) is 24.3 Å². The predicted octanol–water partition coefficient (Wildman–Crippen LogP) is 1.48. The van der Waals surface area contributed by atoms with Crippen molar-refractivity contribution in [3.8, 4) is 5.75 Å². The van der Waals surface area contributed by atoms with Gasteiger partial charge in [-0.3, -0.25) is 4.79 Å². The van der Waals surface area contributed by atoms with Crippen molar-refractivity contribution in [1.29, 1.82) is 0 Å². The lowest BCUT2D eigenvalue weighted by Crippen LogP contribution is -2.25. The highest BCUT2D eigenvalue weighted by molar-refractivity contribution is 7.98. The molecule has 0 spiro atoms. The number of carbonyl (C=O) groups is 1. The summed E-state index contributed by atoms with van der Waals surface area (Å²) in [5, 5.41) is 11.8. The van der Waals surface area contributed by atoms with E-state index in [9.17, 15) is 4.79 Å². The van der Waals surface area contributed by atoms with Crippen molar-refractivity contribution in [2.24, 2.45) is 0 Å². The van der Waals surface area contributed by atoms with E-state index in [-0.39, 0.29) is 11.7 Å². The Balaban J connectivity index is 2.48. The van der Waals surface area contributed by atoms with Gasteiger partial charge in [0.05, 0.1) is 0 Å². The number of thioether (sulfide) groups is 1. The minimum atomic E-state index is -0.0981. The van der Waals surface area contributed by atoms with Crippen molar-refractivity contribution in [3.05, 3.63) is 29.8 Å². The summed E-state index contributed by atoms with van der Waals surface area (Å²) < 4.78 is 0. The molecule has 76 valence electrons. The maximum Gasteiger partial charge on any atom is 0.251 e. The lowest BCUT2D eigenvalue weighted by atomic mass is 10.2. The van der Waals surface area contributed by atoms with Crippen LogP contribution < -0.4 is 5.32 Å². The summed E-state index contributed by atoms with van der Waals surface area (Å²) in [7, 11) is 0. The Bertz CT molecular complexity index is 297. The minimum absolute atomic E-state index is 0.0981. The zero-order chi connectivity index (χ0) is 10.4. The van der Waals surface area contributed by atoms with Gasteiger partial charge in [0, 0.05) is 17.9 Å². The molecule has 0 heterocycles. The summed E-state index contributed by atoms with van der Waals surface area (Å²) in [4.78, 5) is 11.4. The fourth-order valence-corrected chi connectivity index (χ4v) is 1.29. The highest BCUT2D eigenvalue weighted by Gasteiger charge is 2.03. The smallest absolute Gasteiger partial charge is 0.251 e. The molecule has 0 saturated carbocycles. The number of hydrogen-bond acceptors (Lipinski definition) is 3. The Morgan fingerprint density at radius 1 is 1.43 bits per heavy atom. The molecule has 1 rings (SSSR count). The standard InChI is InChI=1S/C10H13NO2S/c1-14-7-6-11-10(13)8-2-4-9(12)5-3-8/h2-5,12H,6-7H2,1H3,(H,11,13). The number of hydrogen-bond donors (Lipinski definition) is 2. The van der Waals surface area contributed by atoms with Crippen molar-refractivity contribution in [1.82, 2.24) is 5.32 Å². The molecule has 0 bridgehead atoms. The van der Waals surface area contributed by atoms with Crippen molar-refractivity contribution >= 4 is 17.7 Å². The molecular formula is C10H13NO2S. The van der Waals surface area contributed by atoms with Gasteiger partial charge in [0.1, 0.15) is 5.75 Å². The second kappa shape index (κ2) is 5.54. The third-order valence-corrected chi connectivity index (χ3v) is 2.33. The van der Waals surface area contributed by atoms with Crippen LogP contribution in [0.25, 0.3) is 0 Å². The summed E-state index contributed by atoms with van der Waals surface area (Å²) in [6, 6.07) is 6.21. The quantitative estimate of drug-likeness (QED) is 0.742. The molecule has 0 aliphatic heterocycles. The average molecular weight is 211 g/mol. The second-order valence-electron chi connectivity index (χ2n) is 2.80. The van der Waals surface area contributed by atoms with Crippen LogP contribution in [-0.2, 0) is 0 Å². The Labute approximate surface area is 87.5 Å². The molecule has 0 fully saturated rings. The number of carbonyl (C=O) groups excluding carboxylic acids is 1. The SMILES string of the molecule is CSCCNC(=O)c1ccc(O)cc1. The van der Waals surface area contributed by atoms with Crippen LogP contribution in [0.3, 0.4) is 0 Å². The number of benzene rings is 1. The van der Waals surface area contributed by atoms with Crippen LogP contribution in [0.4, 0.5) is 0 Å². The van der Waals surface area contributed by atoms with Gasteiger partial charge < -0.3 is 10.4 Å². The third kappa shape index (κ3) is 3.30. The number of aromatic hydroxyl groups is 1. The van der Waals surface area contributed by atoms with E-state index in [0.717, 1.165) is 5.75 Å². The maximum atomic E-state index is 11.4. The summed E-state index contributed by atoms with van der Waals surface area (Å²) in [5.74, 6) is 0.980. The van der Waals surface area contributed by atoms with Crippen LogP contribution in [-0.4, -0.2) is 29.6 Å². The molecule has 3 nitrogen and oxygen atoms in total. The second-order valence-corrected chi connectivity index (χ2v) is 3.78. The Morgan fingerprint density at radius 3 is 2.64 bits per heavy atom. The van der Waals surface area contributed by atoms with Gasteiger partial charge in [0.15, 0.2) is 0 Å². The number of rotatable bonds is 4. The van der Waals surface area contributed by atoms with Crippen molar-refractivity contribution in [3.63, 3.8) is 0 Å². The van der Waals surface area contributed by atoms with E-state index in [4.69, 9.17) is 5.11 Å². The molecule has 1 aromatic carbocycles. The molecule has 4 heteroatoms. The topological polar surface area (TPSA) is 49.3 Å². The summed E-state index contributed by atoms with van der Waals surface area (Å²) in [6.07, 6.45) is 1.99. The Kier molecular flexibility index (Phi) is 4.32. The highest BCUT2D eigenvalue weighted by atomic mass is 32.2. The van der Waals surface area contributed by atoms with Crippen LogP contribution in [0.5, 0.6) is 5.75 Å². The fourth-order valence-electron chi connectivity index (χ4n) is 0.981. The molecule has 2 N–H and O–H groups in total. The zero-order valence-corrected chi connectivity index (χ0v) is 8.80. The summed E-state index contributed by atoms with van der Waals surface area (Å²) in [6.45, 7) is 0.668. The van der Waals surface area contributed by atoms with Crippen LogP contribution in [0.1, 0.15) is 10.4 Å². The first-order valence-corrected chi connectivity index (χ1v) is 5.69. The molecule has 1 aromatic rings. The zero-order valence-electron chi connectivity index (χ0n) is 7.99. The van der Waals surface area contributed by atoms with Gasteiger partial charge >= 0.3 is 0 Å². The van der Waals surface area contributed by atoms with Gasteiger partial charge in [-0.05, 0) is 30.5 Å². The van der Waals surface area contributed by atoms with Crippen LogP contribution in [0, 0.1) is 0 Å².